The van der Waals surface area contributed by atoms with Crippen molar-refractivity contribution in [2.24, 2.45) is 0 Å². The first-order valence-electron chi connectivity index (χ1n) is 9.06. The number of hydrogen-bond acceptors (Lipinski definition) is 5. The van der Waals surface area contributed by atoms with Crippen molar-refractivity contribution in [1.29, 1.82) is 0 Å². The van der Waals surface area contributed by atoms with Crippen LogP contribution < -0.4 is 11.0 Å². The number of anilines is 1. The number of nitrogens with one attached hydrogen (secondary N) is 2. The summed E-state index contributed by atoms with van der Waals surface area (Å²) < 4.78 is 14.1. The van der Waals surface area contributed by atoms with Crippen LogP contribution in [0.3, 0.4) is 0 Å². The highest BCUT2D eigenvalue weighted by Crippen LogP contribution is 2.23. The van der Waals surface area contributed by atoms with Crippen molar-refractivity contribution in [3.63, 3.8) is 0 Å². The number of esters is 1. The molecule has 3 aromatic rings. The fraction of sp³-hybridized carbons (Fsp3) is 0.300. The molecule has 0 amide bonds. The maximum atomic E-state index is 12.1. The Bertz CT molecular complexity index is 1080. The van der Waals surface area contributed by atoms with Crippen molar-refractivity contribution in [3.05, 3.63) is 69.7 Å². The molecule has 2 N–H and O–H groups in total. The van der Waals surface area contributed by atoms with Gasteiger partial charge in [0, 0.05) is 29.8 Å². The normalized spacial score (nSPS) is 13.2. The van der Waals surface area contributed by atoms with E-state index in [9.17, 15) is 9.59 Å². The van der Waals surface area contributed by atoms with E-state index in [1.807, 2.05) is 37.3 Å². The molecule has 1 aliphatic rings. The largest absolute Gasteiger partial charge is 0.465 e. The van der Waals surface area contributed by atoms with Gasteiger partial charge in [0.25, 0.3) is 0 Å². The summed E-state index contributed by atoms with van der Waals surface area (Å²) in [5.74, 6) is -0.357. The Kier molecular flexibility index (Phi) is 4.79. The number of carbonyl (C=O) groups is 1. The number of aryl methyl sites for hydroxylation is 1. The summed E-state index contributed by atoms with van der Waals surface area (Å²) in [5, 5.41) is 3.38. The first-order chi connectivity index (χ1) is 13.6. The van der Waals surface area contributed by atoms with Gasteiger partial charge in [0.2, 0.25) is 0 Å². The van der Waals surface area contributed by atoms with Gasteiger partial charge in [-0.05, 0) is 31.2 Å². The average Bonchev–Trinajstić information content (AvgIpc) is 3.25. The third-order valence-corrected chi connectivity index (χ3v) is 4.84. The summed E-state index contributed by atoms with van der Waals surface area (Å²) >= 11 is 0. The fourth-order valence-corrected chi connectivity index (χ4v) is 3.50. The van der Waals surface area contributed by atoms with Crippen LogP contribution in [-0.4, -0.2) is 33.8 Å². The van der Waals surface area contributed by atoms with E-state index in [0.717, 1.165) is 28.5 Å². The first kappa shape index (κ1) is 18.1. The molecule has 1 aromatic carbocycles. The van der Waals surface area contributed by atoms with Gasteiger partial charge in [0.05, 0.1) is 43.8 Å². The molecule has 146 valence electrons. The Morgan fingerprint density at radius 3 is 2.96 bits per heavy atom. The monoisotopic (exact) mass is 382 g/mol. The van der Waals surface area contributed by atoms with Gasteiger partial charge < -0.3 is 24.3 Å². The lowest BCUT2D eigenvalue weighted by Gasteiger charge is -2.19. The number of aromatic nitrogens is 3. The quantitative estimate of drug-likeness (QED) is 0.661. The van der Waals surface area contributed by atoms with Crippen LogP contribution in [0.15, 0.2) is 41.3 Å². The maximum absolute atomic E-state index is 12.1. The Morgan fingerprint density at radius 1 is 1.36 bits per heavy atom. The van der Waals surface area contributed by atoms with E-state index in [-0.39, 0.29) is 11.7 Å². The van der Waals surface area contributed by atoms with Crippen LogP contribution in [0.2, 0.25) is 0 Å². The molecule has 0 unspecified atom stereocenters. The number of aromatic amines is 1. The molecule has 0 atom stereocenters. The summed E-state index contributed by atoms with van der Waals surface area (Å²) in [6.45, 7) is 4.09. The first-order valence-corrected chi connectivity index (χ1v) is 9.06. The number of imidazole rings is 1. The van der Waals surface area contributed by atoms with Gasteiger partial charge in [-0.25, -0.2) is 9.59 Å². The van der Waals surface area contributed by atoms with E-state index in [4.69, 9.17) is 9.47 Å². The minimum Gasteiger partial charge on any atom is -0.465 e. The smallest absolute Gasteiger partial charge is 0.339 e. The molecule has 0 saturated carbocycles. The van der Waals surface area contributed by atoms with E-state index in [1.165, 1.54) is 7.11 Å². The fourth-order valence-electron chi connectivity index (χ4n) is 3.50. The lowest BCUT2D eigenvalue weighted by atomic mass is 10.2. The standard InChI is InChI=1S/C20H22N4O4/c1-13-11-24(20(26)22-13)15-5-3-4-14(8-15)21-10-16-9-17(19(25)27-2)18-12-28-7-6-23(16)18/h3-5,8-9,11,21H,6-7,10,12H2,1-2H3,(H,22,26). The van der Waals surface area contributed by atoms with Crippen molar-refractivity contribution in [2.45, 2.75) is 26.6 Å². The number of nitrogens with zero attached hydrogens (tertiary/aromatic N) is 2. The second-order valence-electron chi connectivity index (χ2n) is 6.71. The van der Waals surface area contributed by atoms with Gasteiger partial charge in [-0.15, -0.1) is 0 Å². The van der Waals surface area contributed by atoms with Crippen LogP contribution in [0.1, 0.15) is 27.4 Å². The Morgan fingerprint density at radius 2 is 2.21 bits per heavy atom. The van der Waals surface area contributed by atoms with Gasteiger partial charge in [0.15, 0.2) is 0 Å². The van der Waals surface area contributed by atoms with Crippen molar-refractivity contribution in [2.75, 3.05) is 19.0 Å². The lowest BCUT2D eigenvalue weighted by molar-refractivity contribution is 0.0575. The van der Waals surface area contributed by atoms with Crippen LogP contribution in [-0.2, 0) is 29.2 Å². The number of fused-ring (bicyclic) bond motifs is 1. The molecule has 0 radical (unpaired) electrons. The molecule has 0 fully saturated rings. The van der Waals surface area contributed by atoms with Crippen LogP contribution in [0.5, 0.6) is 0 Å². The van der Waals surface area contributed by atoms with Crippen molar-refractivity contribution < 1.29 is 14.3 Å². The van der Waals surface area contributed by atoms with Crippen molar-refractivity contribution in [3.8, 4) is 5.69 Å². The Balaban J connectivity index is 1.58. The maximum Gasteiger partial charge on any atom is 0.339 e. The molecule has 2 aromatic heterocycles. The third-order valence-electron chi connectivity index (χ3n) is 4.84. The summed E-state index contributed by atoms with van der Waals surface area (Å²) in [6, 6.07) is 9.49. The zero-order chi connectivity index (χ0) is 19.7. The van der Waals surface area contributed by atoms with Crippen molar-refractivity contribution in [1.82, 2.24) is 14.1 Å². The summed E-state index contributed by atoms with van der Waals surface area (Å²) in [7, 11) is 1.38. The van der Waals surface area contributed by atoms with Crippen molar-refractivity contribution >= 4 is 11.7 Å². The SMILES string of the molecule is COC(=O)c1cc(CNc2cccc(-n3cc(C)[nH]c3=O)c2)n2c1COCC2. The number of carbonyl (C=O) groups excluding carboxylic acids is 1. The van der Waals surface area contributed by atoms with Gasteiger partial charge in [-0.3, -0.25) is 4.57 Å². The van der Waals surface area contributed by atoms with Crippen LogP contribution >= 0.6 is 0 Å². The number of benzene rings is 1. The number of H-pyrrole nitrogens is 1. The number of ether oxygens (including phenoxy) is 2. The van der Waals surface area contributed by atoms with Gasteiger partial charge in [-0.2, -0.15) is 0 Å². The summed E-state index contributed by atoms with van der Waals surface area (Å²) in [4.78, 5) is 26.8. The summed E-state index contributed by atoms with van der Waals surface area (Å²) in [5.41, 5.74) is 4.67. The van der Waals surface area contributed by atoms with E-state index in [0.29, 0.717) is 31.9 Å². The molecule has 0 bridgehead atoms. The third kappa shape index (κ3) is 3.34. The molecule has 0 aliphatic carbocycles. The molecule has 3 heterocycles. The zero-order valence-corrected chi connectivity index (χ0v) is 15.8. The molecule has 4 rings (SSSR count). The minimum atomic E-state index is -0.357. The van der Waals surface area contributed by atoms with Gasteiger partial charge in [0.1, 0.15) is 0 Å². The highest BCUT2D eigenvalue weighted by atomic mass is 16.5. The molecule has 0 saturated heterocycles. The topological polar surface area (TPSA) is 90.3 Å². The van der Waals surface area contributed by atoms with Gasteiger partial charge in [-0.1, -0.05) is 6.07 Å². The van der Waals surface area contributed by atoms with E-state index in [2.05, 4.69) is 14.9 Å². The molecule has 1 aliphatic heterocycles. The van der Waals surface area contributed by atoms with Crippen LogP contribution in [0.4, 0.5) is 5.69 Å². The number of methoxy groups -OCH3 is 1. The van der Waals surface area contributed by atoms with Crippen LogP contribution in [0.25, 0.3) is 5.69 Å². The predicted octanol–water partition coefficient (Wildman–Crippen LogP) is 2.20. The molecule has 0 spiro atoms. The number of rotatable bonds is 5. The zero-order valence-electron chi connectivity index (χ0n) is 15.8. The predicted molar refractivity (Wildman–Crippen MR) is 104 cm³/mol. The Labute approximate surface area is 161 Å². The van der Waals surface area contributed by atoms with Crippen LogP contribution in [0, 0.1) is 6.92 Å². The minimum absolute atomic E-state index is 0.168. The molecule has 28 heavy (non-hydrogen) atoms. The van der Waals surface area contributed by atoms with E-state index < -0.39 is 0 Å². The van der Waals surface area contributed by atoms with E-state index >= 15 is 0 Å². The average molecular weight is 382 g/mol. The van der Waals surface area contributed by atoms with Gasteiger partial charge >= 0.3 is 11.7 Å². The molecular weight excluding hydrogens is 360 g/mol. The second kappa shape index (κ2) is 7.40. The Hall–Kier alpha value is -3.26. The highest BCUT2D eigenvalue weighted by Gasteiger charge is 2.23. The lowest BCUT2D eigenvalue weighted by Crippen LogP contribution is -2.20. The summed E-state index contributed by atoms with van der Waals surface area (Å²) in [6.07, 6.45) is 1.77. The second-order valence-corrected chi connectivity index (χ2v) is 6.71. The molecule has 8 heteroatoms. The molecular formula is C20H22N4O4. The van der Waals surface area contributed by atoms with E-state index in [1.54, 1.807) is 10.8 Å². The highest BCUT2D eigenvalue weighted by molar-refractivity contribution is 5.91. The molecule has 8 nitrogen and oxygen atoms in total. The number of hydrogen-bond donors (Lipinski definition) is 2.